The summed E-state index contributed by atoms with van der Waals surface area (Å²) in [4.78, 5) is 8.20. The van der Waals surface area contributed by atoms with Gasteiger partial charge in [0.25, 0.3) is 6.71 Å². The Morgan fingerprint density at radius 3 is 1.57 bits per heavy atom. The average Bonchev–Trinajstić information content (AvgIpc) is 4.09. The molecule has 1 saturated carbocycles. The summed E-state index contributed by atoms with van der Waals surface area (Å²) in [5.41, 5.74) is 31.4. The average molecular weight is 1060 g/mol. The molecule has 9 aromatic rings. The van der Waals surface area contributed by atoms with Crippen LogP contribution in [0.1, 0.15) is 134 Å². The molecule has 1 fully saturated rings. The number of hydrogen-bond donors (Lipinski definition) is 0. The molecule has 0 aromatic heterocycles. The minimum Gasteiger partial charge on any atom is -0.334 e. The van der Waals surface area contributed by atoms with Crippen molar-refractivity contribution in [2.45, 2.75) is 143 Å². The molecule has 0 bridgehead atoms. The van der Waals surface area contributed by atoms with Crippen molar-refractivity contribution >= 4 is 68.6 Å². The van der Waals surface area contributed by atoms with Crippen LogP contribution in [0.2, 0.25) is 0 Å². The fourth-order valence-corrected chi connectivity index (χ4v) is 15.6. The molecule has 3 aliphatic heterocycles. The Morgan fingerprint density at radius 2 is 0.975 bits per heavy atom. The van der Waals surface area contributed by atoms with Crippen LogP contribution in [0.25, 0.3) is 33.4 Å². The Hall–Kier alpha value is -7.56. The van der Waals surface area contributed by atoms with E-state index in [4.69, 9.17) is 0 Å². The predicted molar refractivity (Wildman–Crippen MR) is 348 cm³/mol. The molecule has 3 nitrogen and oxygen atoms in total. The highest BCUT2D eigenvalue weighted by Crippen LogP contribution is 2.62. The van der Waals surface area contributed by atoms with Crippen molar-refractivity contribution < 1.29 is 0 Å². The zero-order valence-electron chi connectivity index (χ0n) is 50.0. The van der Waals surface area contributed by atoms with E-state index in [1.54, 1.807) is 0 Å². The maximum Gasteiger partial charge on any atom is 0.252 e. The van der Waals surface area contributed by atoms with Gasteiger partial charge in [-0.15, -0.1) is 0 Å². The van der Waals surface area contributed by atoms with Crippen LogP contribution in [-0.4, -0.2) is 12.3 Å². The summed E-state index contributed by atoms with van der Waals surface area (Å²) < 4.78 is 0. The molecule has 3 heterocycles. The van der Waals surface area contributed by atoms with Gasteiger partial charge in [-0.1, -0.05) is 190 Å². The van der Waals surface area contributed by atoms with Crippen LogP contribution in [0.15, 0.2) is 182 Å². The van der Waals surface area contributed by atoms with Gasteiger partial charge in [-0.05, 0) is 207 Å². The van der Waals surface area contributed by atoms with Gasteiger partial charge in [0.2, 0.25) is 0 Å². The summed E-state index contributed by atoms with van der Waals surface area (Å²) in [5.74, 6) is 0. The summed E-state index contributed by atoms with van der Waals surface area (Å²) in [7, 11) is 0. The highest BCUT2D eigenvalue weighted by atomic mass is 15.3. The Balaban J connectivity index is 1.07. The quantitative estimate of drug-likeness (QED) is 0.154. The third-order valence-corrected chi connectivity index (χ3v) is 20.1. The van der Waals surface area contributed by atoms with E-state index in [0.29, 0.717) is 0 Å². The SMILES string of the molecule is Cc1cc2c3c(c1)N(c1ccc(C(C)(C)C)cc1-c1ccccc1)c1cc4c(cc1B3c1ccc(N3c5ccc(-c6ccccc6C)cc5C5(C)CCCCC35C)cc1N2c1ccc(C(C)(C)C)cc1-c1ccccc1)CC(C)(C)C4. The van der Waals surface area contributed by atoms with Crippen LogP contribution in [0.3, 0.4) is 0 Å². The molecule has 4 heteroatoms. The van der Waals surface area contributed by atoms with E-state index in [1.165, 1.54) is 153 Å². The minimum atomic E-state index is -0.138. The monoisotopic (exact) mass is 1060 g/mol. The number of fused-ring (bicyclic) bond motifs is 8. The first-order valence-electron chi connectivity index (χ1n) is 30.2. The molecule has 14 rings (SSSR count). The van der Waals surface area contributed by atoms with Gasteiger partial charge in [-0.3, -0.25) is 0 Å². The molecule has 2 unspecified atom stereocenters. The summed E-state index contributed by atoms with van der Waals surface area (Å²) in [6, 6.07) is 71.4. The van der Waals surface area contributed by atoms with E-state index in [9.17, 15) is 0 Å². The maximum atomic E-state index is 2.80. The molecule has 9 aromatic carbocycles. The first-order chi connectivity index (χ1) is 38.7. The Bertz CT molecular complexity index is 4020. The molecule has 0 amide bonds. The lowest BCUT2D eigenvalue weighted by Crippen LogP contribution is -2.61. The van der Waals surface area contributed by atoms with Crippen molar-refractivity contribution in [1.82, 2.24) is 0 Å². The fraction of sp³-hybridized carbons (Fsp3) is 0.299. The molecule has 2 aliphatic carbocycles. The maximum absolute atomic E-state index is 2.80. The number of anilines is 8. The molecule has 0 N–H and O–H groups in total. The first kappa shape index (κ1) is 51.6. The molecule has 0 saturated heterocycles. The minimum absolute atomic E-state index is 0.0164. The molecular formula is C77H78BN3. The van der Waals surface area contributed by atoms with Gasteiger partial charge in [0.15, 0.2) is 0 Å². The summed E-state index contributed by atoms with van der Waals surface area (Å²) in [6.07, 6.45) is 6.89. The number of aryl methyl sites for hydroxylation is 2. The van der Waals surface area contributed by atoms with Crippen molar-refractivity contribution in [3.05, 3.63) is 221 Å². The number of rotatable bonds is 6. The van der Waals surface area contributed by atoms with E-state index < -0.39 is 0 Å². The van der Waals surface area contributed by atoms with Gasteiger partial charge < -0.3 is 14.7 Å². The molecule has 5 aliphatic rings. The van der Waals surface area contributed by atoms with Crippen molar-refractivity contribution in [1.29, 1.82) is 0 Å². The largest absolute Gasteiger partial charge is 0.334 e. The van der Waals surface area contributed by atoms with E-state index in [2.05, 4.69) is 280 Å². The lowest BCUT2D eigenvalue weighted by molar-refractivity contribution is 0.195. The van der Waals surface area contributed by atoms with Gasteiger partial charge in [-0.25, -0.2) is 0 Å². The molecule has 81 heavy (non-hydrogen) atoms. The van der Waals surface area contributed by atoms with Crippen LogP contribution < -0.4 is 31.1 Å². The van der Waals surface area contributed by atoms with Gasteiger partial charge in [-0.2, -0.15) is 0 Å². The molecule has 2 atom stereocenters. The Labute approximate surface area is 483 Å². The summed E-state index contributed by atoms with van der Waals surface area (Å²) >= 11 is 0. The van der Waals surface area contributed by atoms with E-state index in [-0.39, 0.29) is 33.9 Å². The van der Waals surface area contributed by atoms with Crippen LogP contribution >= 0.6 is 0 Å². The third-order valence-electron chi connectivity index (χ3n) is 20.1. The second kappa shape index (κ2) is 18.2. The van der Waals surface area contributed by atoms with E-state index in [0.717, 1.165) is 19.3 Å². The number of nitrogens with zero attached hydrogens (tertiary/aromatic N) is 3. The van der Waals surface area contributed by atoms with Crippen molar-refractivity contribution in [3.8, 4) is 33.4 Å². The Morgan fingerprint density at radius 1 is 0.432 bits per heavy atom. The van der Waals surface area contributed by atoms with E-state index in [1.807, 2.05) is 0 Å². The molecule has 404 valence electrons. The Kier molecular flexibility index (Phi) is 11.6. The zero-order valence-corrected chi connectivity index (χ0v) is 50.0. The third kappa shape index (κ3) is 8.04. The topological polar surface area (TPSA) is 9.72 Å². The normalized spacial score (nSPS) is 19.4. The second-order valence-corrected chi connectivity index (χ2v) is 28.2. The highest BCUT2D eigenvalue weighted by Gasteiger charge is 2.58. The molecule has 0 spiro atoms. The summed E-state index contributed by atoms with van der Waals surface area (Å²) in [5, 5.41) is 0. The lowest BCUT2D eigenvalue weighted by atomic mass is 9.33. The molecule has 0 radical (unpaired) electrons. The van der Waals surface area contributed by atoms with Crippen LogP contribution in [0.5, 0.6) is 0 Å². The number of hydrogen-bond acceptors (Lipinski definition) is 3. The van der Waals surface area contributed by atoms with Crippen LogP contribution in [0, 0.1) is 19.3 Å². The van der Waals surface area contributed by atoms with E-state index >= 15 is 0 Å². The standard InChI is InChI=1S/C77H78BN3/c1-49-39-70-72-71(40-49)80(66-36-31-57(74(6,7)8)45-61(66)52-26-17-14-18-27-52)69-46-58(81-67-34-29-53(59-28-20-19-23-50(59)2)41-62(67)76(11)37-21-22-38-77(76,81)12)32-33-63(69)78(72)64-42-54-47-75(9,10)48-55(54)43-68(64)79(70)65-35-30-56(73(3,4)5)44-60(65)51-24-15-13-16-25-51/h13-20,23-36,39-46H,21-22,37-38,47-48H2,1-12H3. The fourth-order valence-electron chi connectivity index (χ4n) is 15.6. The van der Waals surface area contributed by atoms with Crippen LogP contribution in [-0.2, 0) is 29.1 Å². The van der Waals surface area contributed by atoms with Gasteiger partial charge in [0.1, 0.15) is 0 Å². The molecular weight excluding hydrogens is 978 g/mol. The van der Waals surface area contributed by atoms with Gasteiger partial charge in [0.05, 0.1) is 16.9 Å². The zero-order chi connectivity index (χ0) is 56.1. The van der Waals surface area contributed by atoms with Crippen molar-refractivity contribution in [2.24, 2.45) is 5.41 Å². The first-order valence-corrected chi connectivity index (χ1v) is 30.2. The second-order valence-electron chi connectivity index (χ2n) is 28.2. The van der Waals surface area contributed by atoms with Gasteiger partial charge in [0, 0.05) is 50.7 Å². The van der Waals surface area contributed by atoms with Crippen molar-refractivity contribution in [3.63, 3.8) is 0 Å². The summed E-state index contributed by atoms with van der Waals surface area (Å²) in [6.45, 7) is 28.7. The van der Waals surface area contributed by atoms with Crippen molar-refractivity contribution in [2.75, 3.05) is 14.7 Å². The van der Waals surface area contributed by atoms with Crippen LogP contribution in [0.4, 0.5) is 45.5 Å². The lowest BCUT2D eigenvalue weighted by Gasteiger charge is -2.50. The number of benzene rings is 9. The predicted octanol–water partition coefficient (Wildman–Crippen LogP) is 18.8. The smallest absolute Gasteiger partial charge is 0.252 e. The highest BCUT2D eigenvalue weighted by molar-refractivity contribution is 7.00. The van der Waals surface area contributed by atoms with Gasteiger partial charge >= 0.3 is 0 Å².